The molecule has 0 radical (unpaired) electrons. The van der Waals surface area contributed by atoms with Crippen molar-refractivity contribution in [1.29, 1.82) is 5.26 Å². The highest BCUT2D eigenvalue weighted by molar-refractivity contribution is 6.23. The smallest absolute Gasteiger partial charge is 0.359 e. The summed E-state index contributed by atoms with van der Waals surface area (Å²) < 4.78 is 45.5. The van der Waals surface area contributed by atoms with Crippen molar-refractivity contribution in [3.8, 4) is 6.07 Å². The van der Waals surface area contributed by atoms with Crippen LogP contribution in [0.25, 0.3) is 0 Å². The number of ether oxygens (including phenoxy) is 1. The monoisotopic (exact) mass is 362 g/mol. The summed E-state index contributed by atoms with van der Waals surface area (Å²) in [4.78, 5) is 26.6. The number of fused-ring (bicyclic) bond motifs is 5. The molecule has 0 saturated carbocycles. The lowest BCUT2D eigenvalue weighted by molar-refractivity contribution is -0.138. The quantitative estimate of drug-likeness (QED) is 0.569. The predicted octanol–water partition coefficient (Wildman–Crippen LogP) is 2.80. The van der Waals surface area contributed by atoms with E-state index in [1.165, 1.54) is 12.1 Å². The van der Waals surface area contributed by atoms with Crippen molar-refractivity contribution in [2.75, 3.05) is 4.90 Å². The van der Waals surface area contributed by atoms with Crippen LogP contribution in [0.15, 0.2) is 30.4 Å². The van der Waals surface area contributed by atoms with E-state index in [4.69, 9.17) is 10.00 Å². The van der Waals surface area contributed by atoms with Gasteiger partial charge in [-0.3, -0.25) is 9.59 Å². The van der Waals surface area contributed by atoms with Crippen LogP contribution in [0, 0.1) is 23.2 Å². The van der Waals surface area contributed by atoms with Crippen molar-refractivity contribution in [3.05, 3.63) is 41.5 Å². The number of rotatable bonds is 1. The number of anilines is 1. The van der Waals surface area contributed by atoms with Crippen molar-refractivity contribution in [2.45, 2.75) is 31.2 Å². The first-order valence-corrected chi connectivity index (χ1v) is 7.91. The third-order valence-corrected chi connectivity index (χ3v) is 5.41. The summed E-state index contributed by atoms with van der Waals surface area (Å²) in [6.07, 6.45) is -1.32. The third-order valence-electron chi connectivity index (χ3n) is 5.41. The third kappa shape index (κ3) is 1.95. The topological polar surface area (TPSA) is 70.4 Å². The van der Waals surface area contributed by atoms with Crippen molar-refractivity contribution < 1.29 is 27.5 Å². The van der Waals surface area contributed by atoms with E-state index < -0.39 is 52.2 Å². The van der Waals surface area contributed by atoms with Crippen LogP contribution in [0.4, 0.5) is 18.9 Å². The standard InChI is InChI=1S/C18H13F3N2O3/c1-16-5-6-17(2,26-16)13-12(16)14(24)23(15(13)25)10-4-3-9(8-22)11(7-10)18(19,20)21/h3-7,12-13H,1-2H3/t12-,13+,16+,17?/m1/s1. The summed E-state index contributed by atoms with van der Waals surface area (Å²) in [6.45, 7) is 3.38. The van der Waals surface area contributed by atoms with E-state index >= 15 is 0 Å². The van der Waals surface area contributed by atoms with Gasteiger partial charge < -0.3 is 4.74 Å². The summed E-state index contributed by atoms with van der Waals surface area (Å²) in [5, 5.41) is 8.90. The lowest BCUT2D eigenvalue weighted by Crippen LogP contribution is -2.39. The van der Waals surface area contributed by atoms with Crippen molar-refractivity contribution in [2.24, 2.45) is 11.8 Å². The van der Waals surface area contributed by atoms with E-state index in [-0.39, 0.29) is 5.69 Å². The number of halogens is 3. The molecule has 0 aliphatic carbocycles. The lowest BCUT2D eigenvalue weighted by Gasteiger charge is -2.25. The average molecular weight is 362 g/mol. The highest BCUT2D eigenvalue weighted by atomic mass is 19.4. The molecule has 2 fully saturated rings. The largest absolute Gasteiger partial charge is 0.417 e. The molecule has 2 bridgehead atoms. The van der Waals surface area contributed by atoms with E-state index in [1.807, 2.05) is 0 Å². The molecule has 3 aliphatic rings. The van der Waals surface area contributed by atoms with Crippen molar-refractivity contribution >= 4 is 17.5 Å². The molecule has 4 atom stereocenters. The van der Waals surface area contributed by atoms with Crippen molar-refractivity contribution in [3.63, 3.8) is 0 Å². The van der Waals surface area contributed by atoms with Crippen LogP contribution in [-0.4, -0.2) is 23.0 Å². The Morgan fingerprint density at radius 3 is 2.12 bits per heavy atom. The van der Waals surface area contributed by atoms with Gasteiger partial charge in [-0.1, -0.05) is 12.2 Å². The minimum Gasteiger partial charge on any atom is -0.359 e. The van der Waals surface area contributed by atoms with Gasteiger partial charge in [-0.05, 0) is 32.0 Å². The number of imide groups is 1. The van der Waals surface area contributed by atoms with Gasteiger partial charge in [0.05, 0.1) is 45.9 Å². The minimum atomic E-state index is -4.77. The van der Waals surface area contributed by atoms with Gasteiger partial charge >= 0.3 is 6.18 Å². The minimum absolute atomic E-state index is 0.188. The Morgan fingerprint density at radius 1 is 1.12 bits per heavy atom. The first kappa shape index (κ1) is 16.8. The summed E-state index contributed by atoms with van der Waals surface area (Å²) in [6, 6.07) is 4.31. The SMILES string of the molecule is CC12C=C[C@](C)(O1)[C@H]1C(=O)N(c3ccc(C#N)c(C(F)(F)F)c3)C(=O)[C@H]12. The Morgan fingerprint density at radius 2 is 1.65 bits per heavy atom. The van der Waals surface area contributed by atoms with Crippen LogP contribution in [0.1, 0.15) is 25.0 Å². The number of nitrogens with zero attached hydrogens (tertiary/aromatic N) is 2. The molecule has 5 nitrogen and oxygen atoms in total. The molecule has 8 heteroatoms. The summed E-state index contributed by atoms with van der Waals surface area (Å²) >= 11 is 0. The Hall–Kier alpha value is -2.66. The predicted molar refractivity (Wildman–Crippen MR) is 82.7 cm³/mol. The summed E-state index contributed by atoms with van der Waals surface area (Å²) in [5.74, 6) is -2.74. The summed E-state index contributed by atoms with van der Waals surface area (Å²) in [7, 11) is 0. The maximum Gasteiger partial charge on any atom is 0.417 e. The number of nitriles is 1. The number of benzene rings is 1. The first-order chi connectivity index (χ1) is 12.0. The molecule has 1 aromatic rings. The molecule has 1 unspecified atom stereocenters. The van der Waals surface area contributed by atoms with Gasteiger partial charge in [0.15, 0.2) is 0 Å². The number of alkyl halides is 3. The number of amides is 2. The molecule has 3 aliphatic heterocycles. The van der Waals surface area contributed by atoms with E-state index in [0.29, 0.717) is 6.07 Å². The molecule has 2 amide bonds. The maximum atomic E-state index is 13.2. The van der Waals surface area contributed by atoms with Crippen LogP contribution in [-0.2, 0) is 20.5 Å². The zero-order valence-corrected chi connectivity index (χ0v) is 13.8. The van der Waals surface area contributed by atoms with Crippen molar-refractivity contribution in [1.82, 2.24) is 0 Å². The van der Waals surface area contributed by atoms with Gasteiger partial charge in [0, 0.05) is 0 Å². The highest BCUT2D eigenvalue weighted by Crippen LogP contribution is 2.57. The first-order valence-electron chi connectivity index (χ1n) is 7.91. The van der Waals surface area contributed by atoms with Gasteiger partial charge in [-0.25, -0.2) is 4.90 Å². The lowest BCUT2D eigenvalue weighted by atomic mass is 9.73. The zero-order valence-electron chi connectivity index (χ0n) is 13.8. The Balaban J connectivity index is 1.81. The fourth-order valence-corrected chi connectivity index (χ4v) is 4.29. The van der Waals surface area contributed by atoms with Crippen LogP contribution in [0.2, 0.25) is 0 Å². The molecule has 1 aromatic carbocycles. The number of hydrogen-bond acceptors (Lipinski definition) is 4. The second-order valence-electron chi connectivity index (χ2n) is 7.11. The fourth-order valence-electron chi connectivity index (χ4n) is 4.29. The van der Waals surface area contributed by atoms with Gasteiger partial charge in [0.2, 0.25) is 11.8 Å². The second kappa shape index (κ2) is 4.74. The number of carbonyl (C=O) groups excluding carboxylic acids is 2. The van der Waals surface area contributed by atoms with Crippen LogP contribution in [0.3, 0.4) is 0 Å². The molecular weight excluding hydrogens is 349 g/mol. The molecule has 0 N–H and O–H groups in total. The van der Waals surface area contributed by atoms with E-state index in [9.17, 15) is 22.8 Å². The molecule has 0 aromatic heterocycles. The number of hydrogen-bond donors (Lipinski definition) is 0. The summed E-state index contributed by atoms with van der Waals surface area (Å²) in [5.41, 5.74) is -3.84. The molecule has 2 saturated heterocycles. The molecule has 3 heterocycles. The molecule has 4 rings (SSSR count). The van der Waals surface area contributed by atoms with Gasteiger partial charge in [0.25, 0.3) is 0 Å². The molecular formula is C18H13F3N2O3. The van der Waals surface area contributed by atoms with E-state index in [2.05, 4.69) is 0 Å². The van der Waals surface area contributed by atoms with Crippen LogP contribution in [0.5, 0.6) is 0 Å². The second-order valence-corrected chi connectivity index (χ2v) is 7.11. The van der Waals surface area contributed by atoms with Gasteiger partial charge in [-0.15, -0.1) is 0 Å². The van der Waals surface area contributed by atoms with E-state index in [0.717, 1.165) is 11.0 Å². The van der Waals surface area contributed by atoms with E-state index in [1.54, 1.807) is 26.0 Å². The Bertz CT molecular complexity index is 897. The Labute approximate surface area is 146 Å². The Kier molecular flexibility index (Phi) is 3.06. The zero-order chi connectivity index (χ0) is 19.1. The highest BCUT2D eigenvalue weighted by Gasteiger charge is 2.70. The number of carbonyl (C=O) groups is 2. The van der Waals surface area contributed by atoms with Crippen LogP contribution >= 0.6 is 0 Å². The van der Waals surface area contributed by atoms with Crippen LogP contribution < -0.4 is 4.90 Å². The molecule has 134 valence electrons. The van der Waals surface area contributed by atoms with Gasteiger partial charge in [-0.2, -0.15) is 18.4 Å². The molecule has 26 heavy (non-hydrogen) atoms. The van der Waals surface area contributed by atoms with Gasteiger partial charge in [0.1, 0.15) is 0 Å². The maximum absolute atomic E-state index is 13.2. The average Bonchev–Trinajstić information content (AvgIpc) is 3.10. The molecule has 0 spiro atoms. The fraction of sp³-hybridized carbons (Fsp3) is 0.389. The normalized spacial score (nSPS) is 35.2.